The molecular weight excluding hydrogens is 728 g/mol. The number of carboxylic acids is 4. The van der Waals surface area contributed by atoms with Gasteiger partial charge in [0.05, 0.1) is 45.6 Å². The van der Waals surface area contributed by atoms with Crippen LogP contribution in [0.3, 0.4) is 0 Å². The first-order chi connectivity index (χ1) is 25.0. The van der Waals surface area contributed by atoms with Crippen molar-refractivity contribution < 1.29 is 56.7 Å². The topological polar surface area (TPSA) is 255 Å². The summed E-state index contributed by atoms with van der Waals surface area (Å²) in [5, 5.41) is 40.5. The fraction of sp³-hybridized carbons (Fsp3) is 0. The molecule has 0 amide bonds. The fourth-order valence-electron chi connectivity index (χ4n) is 6.20. The number of fused-ring (bicyclic) bond motifs is 20. The average molecular weight is 744 g/mol. The van der Waals surface area contributed by atoms with Crippen molar-refractivity contribution in [3.63, 3.8) is 0 Å². The molecule has 0 saturated heterocycles. The van der Waals surface area contributed by atoms with Gasteiger partial charge in [-0.3, -0.25) is 0 Å². The first-order valence-corrected chi connectivity index (χ1v) is 15.2. The van der Waals surface area contributed by atoms with Gasteiger partial charge in [-0.15, -0.1) is 0 Å². The molecule has 9 rings (SSSR count). The molecule has 3 aromatic heterocycles. The number of aromatic carboxylic acids is 4. The predicted octanol–water partition coefficient (Wildman–Crippen LogP) is 4.92. The van der Waals surface area contributed by atoms with Gasteiger partial charge < -0.3 is 50.3 Å². The standard InChI is InChI=1S/C36H18N8O8.Fe/c45-33(46)13-1-5-17-21(9-13)29-37-25(17)41-30-22-10-14(34(47)48)2-6-18(22)27(38-30)43-32-24-12-16(36(51)52)4-8-20(24)28(40-32)44-31-23-11-15(35(49)50)3-7-19(23)26(39-31)42-29;/h1-12H,(H6,37,38,39,40,41,42,43,44,45,46,47,48,49,50,51,52);/q;+2/p-2. The molecule has 2 aliphatic heterocycles. The maximum atomic E-state index is 12.0. The molecule has 0 radical (unpaired) electrons. The molecule has 5 heterocycles. The monoisotopic (exact) mass is 744 g/mol. The summed E-state index contributed by atoms with van der Waals surface area (Å²) in [5.41, 5.74) is 1.52. The Morgan fingerprint density at radius 1 is 0.377 bits per heavy atom. The van der Waals surface area contributed by atoms with Gasteiger partial charge in [0.2, 0.25) is 0 Å². The molecule has 0 atom stereocenters. The van der Waals surface area contributed by atoms with Crippen LogP contribution in [0.15, 0.2) is 72.8 Å². The maximum absolute atomic E-state index is 12.0. The minimum atomic E-state index is -1.19. The van der Waals surface area contributed by atoms with Gasteiger partial charge in [-0.25, -0.2) is 29.1 Å². The SMILES string of the molecule is O=C(O)c1ccc2c(c1)-c1nc-2nc2[n-]c(nc3nc(nc4[n-]c(n1)c1ccc(C(=O)O)cc41)-c1ccc(C(=O)O)cc1-3)c1ccc(C(=O)O)cc21.[Fe+2]. The molecule has 16 nitrogen and oxygen atoms in total. The van der Waals surface area contributed by atoms with E-state index in [1.807, 2.05) is 0 Å². The normalized spacial score (nSPS) is 11.5. The largest absolute Gasteiger partial charge is 2.00 e. The number of nitrogens with zero attached hydrogens (tertiary/aromatic N) is 8. The van der Waals surface area contributed by atoms with Crippen LogP contribution in [0, 0.1) is 0 Å². The van der Waals surface area contributed by atoms with Crippen LogP contribution in [0.25, 0.3) is 89.7 Å². The van der Waals surface area contributed by atoms with Crippen molar-refractivity contribution in [3.8, 4) is 45.6 Å². The summed E-state index contributed by atoms with van der Waals surface area (Å²) < 4.78 is 0. The number of hydrogen-bond acceptors (Lipinski definition) is 10. The number of aromatic nitrogens is 8. The van der Waals surface area contributed by atoms with Crippen molar-refractivity contribution in [1.82, 2.24) is 39.9 Å². The quantitative estimate of drug-likeness (QED) is 0.174. The van der Waals surface area contributed by atoms with E-state index in [0.717, 1.165) is 0 Å². The van der Waals surface area contributed by atoms with Gasteiger partial charge in [0.25, 0.3) is 0 Å². The molecule has 0 unspecified atom stereocenters. The van der Waals surface area contributed by atoms with Crippen LogP contribution in [0.2, 0.25) is 0 Å². The van der Waals surface area contributed by atoms with Gasteiger partial charge in [-0.1, -0.05) is 24.3 Å². The molecule has 4 aromatic carbocycles. The Hall–Kier alpha value is -7.36. The second-order valence-electron chi connectivity index (χ2n) is 11.7. The molecular formula is C36H16FeN8O8. The molecule has 0 fully saturated rings. The fourth-order valence-corrected chi connectivity index (χ4v) is 6.20. The van der Waals surface area contributed by atoms with E-state index in [1.54, 1.807) is 0 Å². The maximum Gasteiger partial charge on any atom is 2.00 e. The van der Waals surface area contributed by atoms with Crippen molar-refractivity contribution in [2.24, 2.45) is 0 Å². The van der Waals surface area contributed by atoms with E-state index >= 15 is 0 Å². The summed E-state index contributed by atoms with van der Waals surface area (Å²) in [7, 11) is 0. The van der Waals surface area contributed by atoms with Crippen LogP contribution in [-0.2, 0) is 17.1 Å². The summed E-state index contributed by atoms with van der Waals surface area (Å²) in [6, 6.07) is 17.2. The first-order valence-electron chi connectivity index (χ1n) is 15.2. The second kappa shape index (κ2) is 11.9. The summed E-state index contributed by atoms with van der Waals surface area (Å²) in [6.07, 6.45) is 0. The van der Waals surface area contributed by atoms with Gasteiger partial charge in [-0.05, 0) is 70.1 Å². The molecule has 2 aliphatic rings. The van der Waals surface area contributed by atoms with E-state index < -0.39 is 23.9 Å². The zero-order valence-electron chi connectivity index (χ0n) is 26.3. The molecule has 4 N–H and O–H groups in total. The van der Waals surface area contributed by atoms with E-state index in [2.05, 4.69) is 19.9 Å². The molecule has 256 valence electrons. The summed E-state index contributed by atoms with van der Waals surface area (Å²) in [5.74, 6) is -4.49. The molecule has 7 aromatic rings. The van der Waals surface area contributed by atoms with Crippen molar-refractivity contribution in [1.29, 1.82) is 0 Å². The van der Waals surface area contributed by atoms with Gasteiger partial charge in [0.15, 0.2) is 0 Å². The minimum absolute atomic E-state index is 0. The van der Waals surface area contributed by atoms with Crippen LogP contribution in [0.4, 0.5) is 0 Å². The van der Waals surface area contributed by atoms with Gasteiger partial charge >= 0.3 is 40.9 Å². The summed E-state index contributed by atoms with van der Waals surface area (Å²) in [6.45, 7) is 0. The number of hydrogen-bond donors (Lipinski definition) is 4. The molecule has 0 saturated carbocycles. The van der Waals surface area contributed by atoms with E-state index in [4.69, 9.17) is 19.9 Å². The van der Waals surface area contributed by atoms with Crippen LogP contribution in [0.1, 0.15) is 41.4 Å². The van der Waals surface area contributed by atoms with Crippen LogP contribution in [0.5, 0.6) is 0 Å². The Bertz CT molecular complexity index is 2810. The summed E-state index contributed by atoms with van der Waals surface area (Å²) >= 11 is 0. The number of rotatable bonds is 4. The minimum Gasteiger partial charge on any atom is -0.478 e. The van der Waals surface area contributed by atoms with Crippen LogP contribution in [-0.4, -0.2) is 74.2 Å². The smallest absolute Gasteiger partial charge is 0.478 e. The third kappa shape index (κ3) is 5.22. The summed E-state index contributed by atoms with van der Waals surface area (Å²) in [4.78, 5) is 85.3. The molecule has 0 spiro atoms. The van der Waals surface area contributed by atoms with Gasteiger partial charge in [0, 0.05) is 44.8 Å². The van der Waals surface area contributed by atoms with E-state index in [0.29, 0.717) is 43.8 Å². The molecule has 17 heteroatoms. The predicted molar refractivity (Wildman–Crippen MR) is 182 cm³/mol. The third-order valence-electron chi connectivity index (χ3n) is 8.69. The molecule has 0 aliphatic carbocycles. The van der Waals surface area contributed by atoms with Gasteiger partial charge in [0.1, 0.15) is 0 Å². The Morgan fingerprint density at radius 2 is 0.679 bits per heavy atom. The molecule has 53 heavy (non-hydrogen) atoms. The van der Waals surface area contributed by atoms with Crippen LogP contribution >= 0.6 is 0 Å². The number of carboxylic acid groups (broad SMARTS) is 4. The van der Waals surface area contributed by atoms with Crippen LogP contribution < -0.4 is 9.97 Å². The first kappa shape index (κ1) is 32.8. The van der Waals surface area contributed by atoms with Crippen molar-refractivity contribution >= 4 is 68.0 Å². The average Bonchev–Trinajstić information content (AvgIpc) is 3.85. The van der Waals surface area contributed by atoms with Crippen molar-refractivity contribution in [2.45, 2.75) is 0 Å². The van der Waals surface area contributed by atoms with Crippen molar-refractivity contribution in [2.75, 3.05) is 0 Å². The zero-order valence-corrected chi connectivity index (χ0v) is 27.4. The van der Waals surface area contributed by atoms with E-state index in [-0.39, 0.29) is 85.2 Å². The van der Waals surface area contributed by atoms with E-state index in [1.165, 1.54) is 72.8 Å². The second-order valence-corrected chi connectivity index (χ2v) is 11.7. The Morgan fingerprint density at radius 3 is 1.04 bits per heavy atom. The third-order valence-corrected chi connectivity index (χ3v) is 8.69. The number of carbonyl (C=O) groups is 4. The zero-order chi connectivity index (χ0) is 36.0. The Labute approximate surface area is 304 Å². The van der Waals surface area contributed by atoms with Crippen molar-refractivity contribution in [3.05, 3.63) is 95.1 Å². The Kier molecular flexibility index (Phi) is 7.35. The van der Waals surface area contributed by atoms with Gasteiger partial charge in [-0.2, -0.15) is 0 Å². The Balaban J connectivity index is 0.00000400. The number of benzene rings is 4. The molecule has 8 bridgehead atoms. The van der Waals surface area contributed by atoms with E-state index in [9.17, 15) is 39.6 Å².